The zero-order chi connectivity index (χ0) is 12.8. The average molecular weight is 270 g/mol. The summed E-state index contributed by atoms with van der Waals surface area (Å²) in [7, 11) is 1.63. The minimum atomic E-state index is 0.472. The Morgan fingerprint density at radius 2 is 2.06 bits per heavy atom. The van der Waals surface area contributed by atoms with Crippen molar-refractivity contribution in [1.82, 2.24) is 9.27 Å². The van der Waals surface area contributed by atoms with Crippen LogP contribution in [-0.2, 0) is 0 Å². The molecule has 1 aliphatic rings. The first-order valence-corrected chi connectivity index (χ1v) is 7.34. The number of ether oxygens (including phenoxy) is 1. The lowest BCUT2D eigenvalue weighted by Gasteiger charge is -2.19. The summed E-state index contributed by atoms with van der Waals surface area (Å²) in [4.78, 5) is 2.52. The quantitative estimate of drug-likeness (QED) is 0.857. The van der Waals surface area contributed by atoms with E-state index in [9.17, 15) is 0 Å². The Labute approximate surface area is 112 Å². The van der Waals surface area contributed by atoms with Crippen LogP contribution in [0, 0.1) is 0 Å². The third-order valence-corrected chi connectivity index (χ3v) is 4.09. The normalized spacial score (nSPS) is 17.4. The number of nitrogens with two attached hydrogens (primary N) is 1. The highest BCUT2D eigenvalue weighted by molar-refractivity contribution is 7.11. The van der Waals surface area contributed by atoms with E-state index in [0.29, 0.717) is 11.6 Å². The number of likely N-dealkylation sites (tertiary alicyclic amines) is 1. The second kappa shape index (κ2) is 6.80. The van der Waals surface area contributed by atoms with Crippen molar-refractivity contribution in [1.29, 1.82) is 0 Å². The van der Waals surface area contributed by atoms with E-state index in [4.69, 9.17) is 10.5 Å². The lowest BCUT2D eigenvalue weighted by molar-refractivity contribution is 0.296. The van der Waals surface area contributed by atoms with E-state index in [1.165, 1.54) is 50.3 Å². The maximum atomic E-state index is 5.71. The highest BCUT2D eigenvalue weighted by atomic mass is 32.1. The fourth-order valence-corrected chi connectivity index (χ4v) is 3.00. The molecule has 0 bridgehead atoms. The van der Waals surface area contributed by atoms with Crippen molar-refractivity contribution >= 4 is 22.4 Å². The van der Waals surface area contributed by atoms with Crippen molar-refractivity contribution in [2.45, 2.75) is 25.7 Å². The van der Waals surface area contributed by atoms with Crippen molar-refractivity contribution in [2.75, 3.05) is 44.3 Å². The minimum Gasteiger partial charge on any atom is -0.490 e. The zero-order valence-electron chi connectivity index (χ0n) is 10.9. The molecule has 1 fully saturated rings. The zero-order valence-corrected chi connectivity index (χ0v) is 11.8. The fourth-order valence-electron chi connectivity index (χ4n) is 2.29. The van der Waals surface area contributed by atoms with Crippen LogP contribution in [-0.4, -0.2) is 42.6 Å². The molecule has 2 heterocycles. The molecular weight excluding hydrogens is 248 g/mol. The molecule has 6 heteroatoms. The van der Waals surface area contributed by atoms with E-state index in [1.54, 1.807) is 7.11 Å². The van der Waals surface area contributed by atoms with E-state index in [0.717, 1.165) is 18.1 Å². The van der Waals surface area contributed by atoms with Crippen LogP contribution in [0.3, 0.4) is 0 Å². The number of nitrogens with one attached hydrogen (secondary N) is 1. The van der Waals surface area contributed by atoms with Gasteiger partial charge in [-0.3, -0.25) is 0 Å². The van der Waals surface area contributed by atoms with Gasteiger partial charge >= 0.3 is 0 Å². The average Bonchev–Trinajstić information content (AvgIpc) is 2.58. The van der Waals surface area contributed by atoms with Crippen molar-refractivity contribution < 1.29 is 4.74 Å². The molecule has 0 aliphatic carbocycles. The minimum absolute atomic E-state index is 0.472. The third-order valence-electron chi connectivity index (χ3n) is 3.29. The van der Waals surface area contributed by atoms with Gasteiger partial charge in [0.2, 0.25) is 0 Å². The summed E-state index contributed by atoms with van der Waals surface area (Å²) in [5.74, 6) is 1.15. The van der Waals surface area contributed by atoms with E-state index in [-0.39, 0.29) is 0 Å². The van der Waals surface area contributed by atoms with Crippen molar-refractivity contribution in [3.05, 3.63) is 0 Å². The first kappa shape index (κ1) is 13.4. The molecule has 0 atom stereocenters. The molecule has 0 unspecified atom stereocenters. The van der Waals surface area contributed by atoms with Crippen LogP contribution in [0.5, 0.6) is 5.75 Å². The number of hydrogen-bond acceptors (Lipinski definition) is 6. The molecule has 1 aromatic heterocycles. The van der Waals surface area contributed by atoms with Crippen LogP contribution in [0.15, 0.2) is 0 Å². The summed E-state index contributed by atoms with van der Waals surface area (Å²) < 4.78 is 9.31. The molecule has 0 aromatic carbocycles. The summed E-state index contributed by atoms with van der Waals surface area (Å²) in [6, 6.07) is 0. The van der Waals surface area contributed by atoms with Crippen molar-refractivity contribution in [3.8, 4) is 5.75 Å². The van der Waals surface area contributed by atoms with Gasteiger partial charge < -0.3 is 20.7 Å². The smallest absolute Gasteiger partial charge is 0.197 e. The van der Waals surface area contributed by atoms with Crippen LogP contribution in [0.25, 0.3) is 0 Å². The van der Waals surface area contributed by atoms with Crippen molar-refractivity contribution in [3.63, 3.8) is 0 Å². The van der Waals surface area contributed by atoms with Crippen LogP contribution < -0.4 is 15.8 Å². The Kier molecular flexibility index (Phi) is 5.07. The summed E-state index contributed by atoms with van der Waals surface area (Å²) in [6.07, 6.45) is 5.42. The van der Waals surface area contributed by atoms with Crippen LogP contribution in [0.2, 0.25) is 0 Å². The second-order valence-electron chi connectivity index (χ2n) is 4.61. The Balaban J connectivity index is 1.77. The molecule has 0 saturated carbocycles. The Morgan fingerprint density at radius 1 is 1.33 bits per heavy atom. The van der Waals surface area contributed by atoms with Gasteiger partial charge in [0, 0.05) is 13.1 Å². The second-order valence-corrected chi connectivity index (χ2v) is 5.39. The molecule has 1 aromatic rings. The van der Waals surface area contributed by atoms with Crippen molar-refractivity contribution in [2.24, 2.45) is 0 Å². The molecule has 18 heavy (non-hydrogen) atoms. The highest BCUT2D eigenvalue weighted by Crippen LogP contribution is 2.34. The van der Waals surface area contributed by atoms with Gasteiger partial charge in [-0.05, 0) is 37.5 Å². The number of methoxy groups -OCH3 is 1. The van der Waals surface area contributed by atoms with Gasteiger partial charge in [0.25, 0.3) is 0 Å². The Hall–Kier alpha value is -1.01. The summed E-state index contributed by atoms with van der Waals surface area (Å²) >= 11 is 1.36. The number of nitrogen functional groups attached to an aromatic ring is 1. The fraction of sp³-hybridized carbons (Fsp3) is 0.750. The summed E-state index contributed by atoms with van der Waals surface area (Å²) in [6.45, 7) is 4.44. The summed E-state index contributed by atoms with van der Waals surface area (Å²) in [5, 5.41) is 4.30. The van der Waals surface area contributed by atoms with Gasteiger partial charge in [0.05, 0.1) is 7.11 Å². The largest absolute Gasteiger partial charge is 0.490 e. The standard InChI is InChI=1S/C12H22N4OS/c1-17-10-11(13)15-18-12(10)14-6-9-16-7-4-2-3-5-8-16/h14H,2-9H2,1H3,(H2,13,15). The molecule has 0 amide bonds. The van der Waals surface area contributed by atoms with Gasteiger partial charge in [0.1, 0.15) is 0 Å². The van der Waals surface area contributed by atoms with Crippen LogP contribution in [0.1, 0.15) is 25.7 Å². The van der Waals surface area contributed by atoms with Gasteiger partial charge in [0.15, 0.2) is 16.6 Å². The summed E-state index contributed by atoms with van der Waals surface area (Å²) in [5.41, 5.74) is 5.71. The first-order chi connectivity index (χ1) is 8.81. The number of hydrogen-bond donors (Lipinski definition) is 2. The monoisotopic (exact) mass is 270 g/mol. The van der Waals surface area contributed by atoms with Gasteiger partial charge in [-0.1, -0.05) is 12.8 Å². The topological polar surface area (TPSA) is 63.4 Å². The number of anilines is 2. The molecule has 102 valence electrons. The van der Waals surface area contributed by atoms with E-state index >= 15 is 0 Å². The number of nitrogens with zero attached hydrogens (tertiary/aromatic N) is 2. The lowest BCUT2D eigenvalue weighted by atomic mass is 10.2. The van der Waals surface area contributed by atoms with E-state index < -0.39 is 0 Å². The number of aromatic nitrogens is 1. The predicted octanol–water partition coefficient (Wildman–Crippen LogP) is 2.02. The lowest BCUT2D eigenvalue weighted by Crippen LogP contribution is -2.29. The Bertz CT molecular complexity index is 361. The van der Waals surface area contributed by atoms with Crippen LogP contribution in [0.4, 0.5) is 10.8 Å². The maximum Gasteiger partial charge on any atom is 0.197 e. The SMILES string of the molecule is COc1c(N)nsc1NCCN1CCCCCC1. The third kappa shape index (κ3) is 3.49. The van der Waals surface area contributed by atoms with E-state index in [1.807, 2.05) is 0 Å². The molecule has 1 aliphatic heterocycles. The molecule has 3 N–H and O–H groups in total. The molecule has 2 rings (SSSR count). The number of rotatable bonds is 5. The van der Waals surface area contributed by atoms with Gasteiger partial charge in [-0.15, -0.1) is 0 Å². The van der Waals surface area contributed by atoms with E-state index in [2.05, 4.69) is 14.6 Å². The molecule has 0 spiro atoms. The van der Waals surface area contributed by atoms with Crippen LogP contribution >= 0.6 is 11.5 Å². The maximum absolute atomic E-state index is 5.71. The van der Waals surface area contributed by atoms with Gasteiger partial charge in [-0.2, -0.15) is 4.37 Å². The van der Waals surface area contributed by atoms with Gasteiger partial charge in [-0.25, -0.2) is 0 Å². The molecular formula is C12H22N4OS. The Morgan fingerprint density at radius 3 is 2.72 bits per heavy atom. The predicted molar refractivity (Wildman–Crippen MR) is 76.5 cm³/mol. The highest BCUT2D eigenvalue weighted by Gasteiger charge is 2.12. The molecule has 5 nitrogen and oxygen atoms in total. The first-order valence-electron chi connectivity index (χ1n) is 6.56. The molecule has 0 radical (unpaired) electrons. The molecule has 1 saturated heterocycles.